The summed E-state index contributed by atoms with van der Waals surface area (Å²) in [6, 6.07) is 0.142. The van der Waals surface area contributed by atoms with E-state index in [1.165, 1.54) is 19.3 Å². The van der Waals surface area contributed by atoms with Crippen molar-refractivity contribution in [1.82, 2.24) is 0 Å². The van der Waals surface area contributed by atoms with Gasteiger partial charge in [0.25, 0.3) is 0 Å². The summed E-state index contributed by atoms with van der Waals surface area (Å²) < 4.78 is 0. The third-order valence-corrected chi connectivity index (χ3v) is 1.91. The van der Waals surface area contributed by atoms with Crippen molar-refractivity contribution in [2.24, 2.45) is 5.92 Å². The van der Waals surface area contributed by atoms with Crippen molar-refractivity contribution in [2.75, 3.05) is 0 Å². The fourth-order valence-corrected chi connectivity index (χ4v) is 1.21. The Balaban J connectivity index is 0.000000292. The molecular formula is C7H13Cl2NPt. The number of rotatable bonds is 0. The molecule has 1 aliphatic carbocycles. The maximum atomic E-state index is 7.42. The molecule has 1 fully saturated rings. The van der Waals surface area contributed by atoms with Crippen LogP contribution in [-0.2, 0) is 16.5 Å². The summed E-state index contributed by atoms with van der Waals surface area (Å²) in [7, 11) is 9.75. The van der Waals surface area contributed by atoms with E-state index in [4.69, 9.17) is 24.6 Å². The molecule has 0 aromatic heterocycles. The van der Waals surface area contributed by atoms with Crippen LogP contribution in [0.15, 0.2) is 0 Å². The second-order valence-electron chi connectivity index (χ2n) is 2.70. The van der Waals surface area contributed by atoms with Gasteiger partial charge in [-0.2, -0.15) is 12.0 Å². The molecule has 70 valence electrons. The zero-order valence-electron chi connectivity index (χ0n) is 6.26. The number of hydrogen-bond acceptors (Lipinski definition) is 0. The Morgan fingerprint density at radius 2 is 1.73 bits per heavy atom. The Morgan fingerprint density at radius 1 is 1.27 bits per heavy atom. The van der Waals surface area contributed by atoms with Crippen LogP contribution in [0.1, 0.15) is 25.7 Å². The van der Waals surface area contributed by atoms with Crippen LogP contribution in [-0.4, -0.2) is 6.04 Å². The third-order valence-electron chi connectivity index (χ3n) is 1.91. The molecular weight excluding hydrogens is 364 g/mol. The molecule has 1 saturated carbocycles. The van der Waals surface area contributed by atoms with Gasteiger partial charge in [-0.1, -0.05) is 25.7 Å². The summed E-state index contributed by atoms with van der Waals surface area (Å²) in [5, 5.41) is 0. The molecule has 11 heavy (non-hydrogen) atoms. The monoisotopic (exact) mass is 376 g/mol. The van der Waals surface area contributed by atoms with Gasteiger partial charge in [-0.25, -0.2) is 0 Å². The molecule has 0 aromatic rings. The normalized spacial score (nSPS) is 30.9. The van der Waals surface area contributed by atoms with E-state index in [9.17, 15) is 0 Å². The van der Waals surface area contributed by atoms with E-state index in [0.29, 0.717) is 5.92 Å². The molecule has 2 atom stereocenters. The molecule has 0 saturated heterocycles. The number of hydrogen-bond donors (Lipinski definition) is 0. The Labute approximate surface area is 85.4 Å². The molecule has 0 bridgehead atoms. The molecule has 0 radical (unpaired) electrons. The number of nitrogens with one attached hydrogen (secondary N) is 1. The molecule has 0 unspecified atom stereocenters. The molecule has 1 N–H and O–H groups in total. The third kappa shape index (κ3) is 6.39. The summed E-state index contributed by atoms with van der Waals surface area (Å²) in [4.78, 5) is 0. The van der Waals surface area contributed by atoms with Crippen molar-refractivity contribution in [1.29, 1.82) is 0 Å². The average molecular weight is 377 g/mol. The Morgan fingerprint density at radius 3 is 2.00 bits per heavy atom. The van der Waals surface area contributed by atoms with Crippen LogP contribution >= 0.6 is 18.8 Å². The van der Waals surface area contributed by atoms with Crippen LogP contribution in [0.25, 0.3) is 5.73 Å². The van der Waals surface area contributed by atoms with Crippen molar-refractivity contribution >= 4 is 18.8 Å². The minimum atomic E-state index is -0.472. The van der Waals surface area contributed by atoms with Crippen LogP contribution in [0.3, 0.4) is 0 Å². The molecule has 0 amide bonds. The van der Waals surface area contributed by atoms with E-state index in [-0.39, 0.29) is 6.04 Å². The Kier molecular flexibility index (Phi) is 8.73. The first kappa shape index (κ1) is 12.2. The minimum absolute atomic E-state index is 0.142. The van der Waals surface area contributed by atoms with Crippen LogP contribution in [0, 0.1) is 12.8 Å². The zero-order valence-corrected chi connectivity index (χ0v) is 10.0. The average Bonchev–Trinajstić information content (AvgIpc) is 1.97. The maximum absolute atomic E-state index is 7.42. The second kappa shape index (κ2) is 7.86. The Bertz CT molecular complexity index is 82.5. The van der Waals surface area contributed by atoms with Crippen LogP contribution < -0.4 is 0 Å². The topological polar surface area (TPSA) is 23.8 Å². The van der Waals surface area contributed by atoms with Crippen LogP contribution in [0.2, 0.25) is 0 Å². The van der Waals surface area contributed by atoms with Gasteiger partial charge in [-0.15, -0.1) is 0 Å². The second-order valence-corrected chi connectivity index (χ2v) is 5.98. The Hall–Kier alpha value is 1.23. The first-order valence-electron chi connectivity index (χ1n) is 3.59. The SMILES string of the molecule is [CH2-][C@H]1CCCC[C@@H]1[NH-].[Cl][Pt+2][Cl]. The summed E-state index contributed by atoms with van der Waals surface area (Å²) >= 11 is -0.472. The van der Waals surface area contributed by atoms with E-state index in [1.54, 1.807) is 0 Å². The van der Waals surface area contributed by atoms with E-state index in [1.807, 2.05) is 0 Å². The predicted octanol–water partition coefficient (Wildman–Crippen LogP) is 3.81. The molecule has 1 nitrogen and oxygen atoms in total. The fraction of sp³-hybridized carbons (Fsp3) is 0.857. The zero-order chi connectivity index (χ0) is 8.69. The predicted molar refractivity (Wildman–Crippen MR) is 47.1 cm³/mol. The van der Waals surface area contributed by atoms with Gasteiger partial charge in [0.15, 0.2) is 0 Å². The summed E-state index contributed by atoms with van der Waals surface area (Å²) in [6.07, 6.45) is 4.80. The van der Waals surface area contributed by atoms with Gasteiger partial charge in [-0.05, 0) is 0 Å². The first-order valence-corrected chi connectivity index (χ1v) is 9.22. The molecule has 4 heteroatoms. The van der Waals surface area contributed by atoms with Crippen molar-refractivity contribution in [2.45, 2.75) is 31.7 Å². The summed E-state index contributed by atoms with van der Waals surface area (Å²) in [6.45, 7) is 3.89. The number of halogens is 2. The standard InChI is InChI=1S/C7H13N.2ClH.Pt/c1-6-4-2-3-5-7(6)8;;;/h6-8H,1-5H2;2*1H;/q-2;;;+4/p-2/t6-,7-;;;/m0.../s1. The van der Waals surface area contributed by atoms with E-state index >= 15 is 0 Å². The van der Waals surface area contributed by atoms with Gasteiger partial charge in [0.1, 0.15) is 0 Å². The van der Waals surface area contributed by atoms with E-state index in [2.05, 4.69) is 6.92 Å². The summed E-state index contributed by atoms with van der Waals surface area (Å²) in [5.74, 6) is 0.420. The van der Waals surface area contributed by atoms with Gasteiger partial charge < -0.3 is 12.7 Å². The summed E-state index contributed by atoms with van der Waals surface area (Å²) in [5.41, 5.74) is 7.42. The molecule has 0 aliphatic heterocycles. The van der Waals surface area contributed by atoms with Crippen LogP contribution in [0.4, 0.5) is 0 Å². The van der Waals surface area contributed by atoms with Crippen molar-refractivity contribution < 1.29 is 16.5 Å². The van der Waals surface area contributed by atoms with Gasteiger partial charge in [0.05, 0.1) is 0 Å². The van der Waals surface area contributed by atoms with Gasteiger partial charge >= 0.3 is 35.3 Å². The van der Waals surface area contributed by atoms with Crippen LogP contribution in [0.5, 0.6) is 0 Å². The van der Waals surface area contributed by atoms with E-state index in [0.717, 1.165) is 6.42 Å². The van der Waals surface area contributed by atoms with Crippen molar-refractivity contribution in [3.63, 3.8) is 0 Å². The van der Waals surface area contributed by atoms with Crippen molar-refractivity contribution in [3.05, 3.63) is 12.7 Å². The fourth-order valence-electron chi connectivity index (χ4n) is 1.21. The molecule has 0 aromatic carbocycles. The van der Waals surface area contributed by atoms with E-state index < -0.39 is 16.5 Å². The van der Waals surface area contributed by atoms with Gasteiger partial charge in [0.2, 0.25) is 0 Å². The van der Waals surface area contributed by atoms with Crippen molar-refractivity contribution in [3.8, 4) is 0 Å². The molecule has 0 spiro atoms. The first-order chi connectivity index (χ1) is 5.22. The van der Waals surface area contributed by atoms with Gasteiger partial charge in [0, 0.05) is 0 Å². The van der Waals surface area contributed by atoms with Gasteiger partial charge in [-0.3, -0.25) is 0 Å². The molecule has 0 heterocycles. The quantitative estimate of drug-likeness (QED) is 0.574. The molecule has 1 aliphatic rings. The molecule has 1 rings (SSSR count).